The summed E-state index contributed by atoms with van der Waals surface area (Å²) in [6.45, 7) is 13.0. The minimum absolute atomic E-state index is 0.0768. The monoisotopic (exact) mass is 889 g/mol. The van der Waals surface area contributed by atoms with Crippen LogP contribution in [0.15, 0.2) is 140 Å². The lowest BCUT2D eigenvalue weighted by molar-refractivity contribution is 0.0642. The van der Waals surface area contributed by atoms with Gasteiger partial charge in [0.25, 0.3) is 0 Å². The Labute approximate surface area is 394 Å². The predicted octanol–water partition coefficient (Wildman–Crippen LogP) is 14.0. The van der Waals surface area contributed by atoms with Crippen LogP contribution in [0.1, 0.15) is 74.8 Å². The van der Waals surface area contributed by atoms with Crippen LogP contribution in [0.25, 0.3) is 39.1 Å². The van der Waals surface area contributed by atoms with E-state index in [4.69, 9.17) is 28.4 Å². The zero-order chi connectivity index (χ0) is 46.1. The Balaban J connectivity index is 1.22. The molecule has 0 atom stereocenters. The summed E-state index contributed by atoms with van der Waals surface area (Å²) in [5.41, 5.74) is 10.5. The Kier molecular flexibility index (Phi) is 10.4. The van der Waals surface area contributed by atoms with Crippen molar-refractivity contribution in [2.24, 2.45) is 10.8 Å². The van der Waals surface area contributed by atoms with Gasteiger partial charge < -0.3 is 33.3 Å². The average molecular weight is 890 g/mol. The van der Waals surface area contributed by atoms with E-state index in [1.54, 1.807) is 21.3 Å². The van der Waals surface area contributed by atoms with Crippen molar-refractivity contribution in [3.63, 3.8) is 0 Å². The molecule has 4 aliphatic rings. The maximum atomic E-state index is 7.95. The molecule has 0 radical (unpaired) electrons. The second kappa shape index (κ2) is 16.3. The third-order valence-corrected chi connectivity index (χ3v) is 14.7. The molecule has 0 aromatic heterocycles. The van der Waals surface area contributed by atoms with E-state index >= 15 is 0 Å². The molecule has 2 heterocycles. The van der Waals surface area contributed by atoms with Crippen molar-refractivity contribution in [2.75, 3.05) is 52.5 Å². The van der Waals surface area contributed by atoms with Gasteiger partial charge in [-0.15, -0.1) is 0 Å². The molecule has 7 nitrogen and oxygen atoms in total. The maximum absolute atomic E-state index is 7.95. The standard InChI is InChI=1S/C60H59NO6/c1-57(2)36-58(3,4)38-59(37-57)52-11-9-8-10-47(52)54-50-35-53(66-46-26-24-45(64-7)25-27-46)49(39-12-18-42(19-13-39)61-30-32-65-33-31-61)34-51(50)56-48(55(54)59)28-29-60(67-56,40-14-20-43(62-5)21-15-40)41-16-22-44(63-6)23-17-41/h8-29,34-35H,30-33,36-38H2,1-7H3. The molecule has 1 spiro atoms. The van der Waals surface area contributed by atoms with Crippen molar-refractivity contribution in [3.05, 3.63) is 167 Å². The van der Waals surface area contributed by atoms with Crippen molar-refractivity contribution in [3.8, 4) is 56.8 Å². The van der Waals surface area contributed by atoms with Crippen LogP contribution in [-0.4, -0.2) is 47.6 Å². The van der Waals surface area contributed by atoms with E-state index in [2.05, 4.69) is 130 Å². The lowest BCUT2D eigenvalue weighted by atomic mass is 9.52. The van der Waals surface area contributed by atoms with Gasteiger partial charge in [-0.2, -0.15) is 0 Å². The number of hydrogen-bond donors (Lipinski definition) is 0. The van der Waals surface area contributed by atoms with E-state index in [0.29, 0.717) is 0 Å². The summed E-state index contributed by atoms with van der Waals surface area (Å²) in [6.07, 6.45) is 7.85. The molecule has 7 aromatic carbocycles. The van der Waals surface area contributed by atoms with Crippen LogP contribution in [0.5, 0.6) is 34.5 Å². The van der Waals surface area contributed by atoms with Gasteiger partial charge in [0.05, 0.1) is 34.5 Å². The highest BCUT2D eigenvalue weighted by atomic mass is 16.5. The fourth-order valence-electron chi connectivity index (χ4n) is 12.6. The first-order valence-electron chi connectivity index (χ1n) is 23.6. The van der Waals surface area contributed by atoms with Gasteiger partial charge in [0.15, 0.2) is 5.60 Å². The molecule has 7 heteroatoms. The quantitative estimate of drug-likeness (QED) is 0.143. The second-order valence-electron chi connectivity index (χ2n) is 20.4. The predicted molar refractivity (Wildman–Crippen MR) is 270 cm³/mol. The molecular formula is C60H59NO6. The summed E-state index contributed by atoms with van der Waals surface area (Å²) in [4.78, 5) is 2.39. The van der Waals surface area contributed by atoms with Crippen LogP contribution < -0.4 is 28.6 Å². The van der Waals surface area contributed by atoms with Crippen LogP contribution in [0.2, 0.25) is 0 Å². The molecule has 1 saturated heterocycles. The van der Waals surface area contributed by atoms with Gasteiger partial charge in [-0.1, -0.05) is 94.4 Å². The molecule has 1 saturated carbocycles. The molecule has 11 rings (SSSR count). The van der Waals surface area contributed by atoms with Gasteiger partial charge in [0, 0.05) is 51.8 Å². The van der Waals surface area contributed by atoms with E-state index in [1.165, 1.54) is 27.9 Å². The van der Waals surface area contributed by atoms with Crippen molar-refractivity contribution < 1.29 is 28.4 Å². The van der Waals surface area contributed by atoms with Crippen molar-refractivity contribution >= 4 is 22.5 Å². The Hall–Kier alpha value is -6.70. The Morgan fingerprint density at radius 3 is 1.73 bits per heavy atom. The third kappa shape index (κ3) is 7.30. The zero-order valence-corrected chi connectivity index (χ0v) is 39.7. The van der Waals surface area contributed by atoms with Crippen LogP contribution in [0, 0.1) is 10.8 Å². The fourth-order valence-corrected chi connectivity index (χ4v) is 12.6. The zero-order valence-electron chi connectivity index (χ0n) is 39.7. The van der Waals surface area contributed by atoms with Gasteiger partial charge in [0.2, 0.25) is 0 Å². The maximum Gasteiger partial charge on any atom is 0.178 e. The molecule has 67 heavy (non-hydrogen) atoms. The summed E-state index contributed by atoms with van der Waals surface area (Å²) in [7, 11) is 5.10. The second-order valence-corrected chi connectivity index (χ2v) is 20.4. The molecule has 0 unspecified atom stereocenters. The summed E-state index contributed by atoms with van der Waals surface area (Å²) in [5, 5.41) is 2.13. The van der Waals surface area contributed by atoms with Crippen LogP contribution in [-0.2, 0) is 15.8 Å². The van der Waals surface area contributed by atoms with Crippen molar-refractivity contribution in [1.29, 1.82) is 0 Å². The summed E-state index contributed by atoms with van der Waals surface area (Å²) >= 11 is 0. The van der Waals surface area contributed by atoms with Crippen molar-refractivity contribution in [2.45, 2.75) is 58.0 Å². The molecule has 0 bridgehead atoms. The molecule has 340 valence electrons. The third-order valence-electron chi connectivity index (χ3n) is 14.7. The van der Waals surface area contributed by atoms with E-state index in [-0.39, 0.29) is 16.2 Å². The van der Waals surface area contributed by atoms with E-state index in [0.717, 1.165) is 119 Å². The average Bonchev–Trinajstić information content (AvgIpc) is 3.61. The van der Waals surface area contributed by atoms with Gasteiger partial charge in [0.1, 0.15) is 34.5 Å². The number of ether oxygens (including phenoxy) is 6. The molecule has 2 fully saturated rings. The molecule has 0 amide bonds. The number of anilines is 1. The normalized spacial score (nSPS) is 18.1. The largest absolute Gasteiger partial charge is 0.497 e. The van der Waals surface area contributed by atoms with Crippen LogP contribution in [0.4, 0.5) is 5.69 Å². The number of fused-ring (bicyclic) bond motifs is 10. The first kappa shape index (κ1) is 42.9. The van der Waals surface area contributed by atoms with E-state index < -0.39 is 5.60 Å². The first-order valence-corrected chi connectivity index (χ1v) is 23.6. The summed E-state index contributed by atoms with van der Waals surface area (Å²) in [5.74, 6) is 4.70. The molecule has 0 N–H and O–H groups in total. The van der Waals surface area contributed by atoms with E-state index in [1.807, 2.05) is 48.5 Å². The number of nitrogens with zero attached hydrogens (tertiary/aromatic N) is 1. The summed E-state index contributed by atoms with van der Waals surface area (Å²) in [6, 6.07) is 47.2. The number of benzene rings is 7. The Morgan fingerprint density at radius 2 is 1.13 bits per heavy atom. The SMILES string of the molecule is COc1ccc(Oc2cc3c4c(c5c(c3cc2-c2ccc(N3CCOCC3)cc2)OC(c2ccc(OC)cc2)(c2ccc(OC)cc2)C=C5)C2(CC(C)(C)CC(C)(C)C2)c2ccccc2-4)cc1. The number of methoxy groups -OCH3 is 3. The van der Waals surface area contributed by atoms with Gasteiger partial charge >= 0.3 is 0 Å². The minimum Gasteiger partial charge on any atom is -0.497 e. The molecule has 7 aromatic rings. The topological polar surface area (TPSA) is 58.6 Å². The Bertz CT molecular complexity index is 2950. The molecular weight excluding hydrogens is 831 g/mol. The number of rotatable bonds is 9. The molecule has 2 aliphatic heterocycles. The molecule has 2 aliphatic carbocycles. The summed E-state index contributed by atoms with van der Waals surface area (Å²) < 4.78 is 37.6. The smallest absolute Gasteiger partial charge is 0.178 e. The van der Waals surface area contributed by atoms with Gasteiger partial charge in [-0.25, -0.2) is 0 Å². The highest BCUT2D eigenvalue weighted by Crippen LogP contribution is 2.67. The van der Waals surface area contributed by atoms with E-state index in [9.17, 15) is 0 Å². The van der Waals surface area contributed by atoms with Gasteiger partial charge in [-0.3, -0.25) is 0 Å². The van der Waals surface area contributed by atoms with Crippen LogP contribution >= 0.6 is 0 Å². The number of hydrogen-bond acceptors (Lipinski definition) is 7. The lowest BCUT2D eigenvalue weighted by Crippen LogP contribution is -2.44. The van der Waals surface area contributed by atoms with Crippen molar-refractivity contribution in [1.82, 2.24) is 0 Å². The highest BCUT2D eigenvalue weighted by molar-refractivity contribution is 6.10. The van der Waals surface area contributed by atoms with Crippen LogP contribution in [0.3, 0.4) is 0 Å². The highest BCUT2D eigenvalue weighted by Gasteiger charge is 2.55. The minimum atomic E-state index is -0.991. The Morgan fingerprint density at radius 1 is 0.567 bits per heavy atom. The lowest BCUT2D eigenvalue weighted by Gasteiger charge is -2.52. The van der Waals surface area contributed by atoms with Gasteiger partial charge in [-0.05, 0) is 142 Å². The number of morpholine rings is 1. The fraction of sp³-hybridized carbons (Fsp3) is 0.300. The first-order chi connectivity index (χ1) is 32.4.